The van der Waals surface area contributed by atoms with E-state index in [1.165, 1.54) is 6.92 Å². The zero-order valence-corrected chi connectivity index (χ0v) is 10.8. The van der Waals surface area contributed by atoms with Crippen molar-refractivity contribution in [2.75, 3.05) is 0 Å². The molecule has 0 fully saturated rings. The Hall–Kier alpha value is -2.17. The van der Waals surface area contributed by atoms with Crippen molar-refractivity contribution in [3.8, 4) is 0 Å². The van der Waals surface area contributed by atoms with Gasteiger partial charge < -0.3 is 5.11 Å². The van der Waals surface area contributed by atoms with E-state index in [9.17, 15) is 14.4 Å². The molecule has 19 heavy (non-hydrogen) atoms. The van der Waals surface area contributed by atoms with E-state index < -0.39 is 23.8 Å². The van der Waals surface area contributed by atoms with Crippen LogP contribution in [0.1, 0.15) is 29.8 Å². The second-order valence-corrected chi connectivity index (χ2v) is 4.77. The van der Waals surface area contributed by atoms with E-state index in [0.717, 1.165) is 4.90 Å². The molecular weight excluding hydrogens is 246 g/mol. The lowest BCUT2D eigenvalue weighted by Crippen LogP contribution is -2.51. The molecule has 1 N–H and O–H groups in total. The van der Waals surface area contributed by atoms with Crippen LogP contribution in [0.2, 0.25) is 0 Å². The highest BCUT2D eigenvalue weighted by atomic mass is 16.4. The van der Waals surface area contributed by atoms with Gasteiger partial charge in [0.15, 0.2) is 0 Å². The summed E-state index contributed by atoms with van der Waals surface area (Å²) in [6.07, 6.45) is 0.137. The molecule has 2 atom stereocenters. The van der Waals surface area contributed by atoms with Crippen LogP contribution < -0.4 is 0 Å². The van der Waals surface area contributed by atoms with E-state index >= 15 is 0 Å². The molecule has 0 spiro atoms. The van der Waals surface area contributed by atoms with Crippen LogP contribution in [0.25, 0.3) is 0 Å². The van der Waals surface area contributed by atoms with Crippen LogP contribution in [-0.2, 0) is 16.0 Å². The molecule has 100 valence electrons. The molecule has 0 aliphatic carbocycles. The number of nitrogens with zero attached hydrogens (tertiary/aromatic N) is 1. The van der Waals surface area contributed by atoms with Crippen LogP contribution in [0, 0.1) is 5.92 Å². The molecule has 0 radical (unpaired) electrons. The monoisotopic (exact) mass is 261 g/mol. The van der Waals surface area contributed by atoms with Crippen LogP contribution in [0.5, 0.6) is 0 Å². The highest BCUT2D eigenvalue weighted by Gasteiger charge is 2.37. The number of amides is 2. The first-order valence-corrected chi connectivity index (χ1v) is 6.10. The first kappa shape index (κ1) is 13.3. The van der Waals surface area contributed by atoms with Gasteiger partial charge in [0.1, 0.15) is 0 Å². The Morgan fingerprint density at radius 2 is 1.89 bits per heavy atom. The highest BCUT2D eigenvalue weighted by Crippen LogP contribution is 2.24. The number of carboxylic acid groups (broad SMARTS) is 1. The van der Waals surface area contributed by atoms with Crippen LogP contribution in [-0.4, -0.2) is 33.8 Å². The summed E-state index contributed by atoms with van der Waals surface area (Å²) < 4.78 is 0. The smallest absolute Gasteiger partial charge is 0.308 e. The van der Waals surface area contributed by atoms with Crippen LogP contribution in [0.4, 0.5) is 0 Å². The van der Waals surface area contributed by atoms with Crippen LogP contribution >= 0.6 is 0 Å². The predicted octanol–water partition coefficient (Wildman–Crippen LogP) is 1.32. The lowest BCUT2D eigenvalue weighted by Gasteiger charge is -2.33. The van der Waals surface area contributed by atoms with Gasteiger partial charge in [-0.25, -0.2) is 0 Å². The van der Waals surface area contributed by atoms with Crippen molar-refractivity contribution < 1.29 is 19.5 Å². The first-order chi connectivity index (χ1) is 8.93. The number of aliphatic carboxylic acids is 1. The quantitative estimate of drug-likeness (QED) is 0.833. The van der Waals surface area contributed by atoms with Crippen molar-refractivity contribution >= 4 is 17.8 Å². The Morgan fingerprint density at radius 3 is 2.53 bits per heavy atom. The Bertz CT molecular complexity index is 552. The largest absolute Gasteiger partial charge is 0.481 e. The van der Waals surface area contributed by atoms with E-state index in [4.69, 9.17) is 5.11 Å². The van der Waals surface area contributed by atoms with E-state index in [1.54, 1.807) is 31.2 Å². The van der Waals surface area contributed by atoms with Crippen molar-refractivity contribution in [2.45, 2.75) is 26.3 Å². The van der Waals surface area contributed by atoms with Gasteiger partial charge in [0.05, 0.1) is 18.4 Å². The molecule has 1 aliphatic heterocycles. The highest BCUT2D eigenvalue weighted by molar-refractivity contribution is 6.10. The van der Waals surface area contributed by atoms with E-state index in [1.807, 2.05) is 0 Å². The molecule has 1 aromatic rings. The molecule has 2 rings (SSSR count). The summed E-state index contributed by atoms with van der Waals surface area (Å²) in [6, 6.07) is 6.25. The molecular formula is C14H15NO4. The second-order valence-electron chi connectivity index (χ2n) is 4.77. The van der Waals surface area contributed by atoms with Gasteiger partial charge in [0, 0.05) is 5.56 Å². The van der Waals surface area contributed by atoms with Crippen molar-refractivity contribution in [1.82, 2.24) is 4.90 Å². The van der Waals surface area contributed by atoms with Gasteiger partial charge in [-0.1, -0.05) is 18.2 Å². The van der Waals surface area contributed by atoms with Crippen molar-refractivity contribution in [3.63, 3.8) is 0 Å². The van der Waals surface area contributed by atoms with Crippen LogP contribution in [0.3, 0.4) is 0 Å². The lowest BCUT2D eigenvalue weighted by atomic mass is 9.94. The van der Waals surface area contributed by atoms with Gasteiger partial charge in [-0.2, -0.15) is 0 Å². The molecule has 0 aromatic heterocycles. The Kier molecular flexibility index (Phi) is 3.38. The normalized spacial score (nSPS) is 17.9. The second kappa shape index (κ2) is 4.84. The number of fused-ring (bicyclic) bond motifs is 1. The summed E-state index contributed by atoms with van der Waals surface area (Å²) >= 11 is 0. The molecule has 0 bridgehead atoms. The fourth-order valence-corrected chi connectivity index (χ4v) is 2.22. The topological polar surface area (TPSA) is 74.7 Å². The summed E-state index contributed by atoms with van der Waals surface area (Å²) in [7, 11) is 0. The van der Waals surface area contributed by atoms with Gasteiger partial charge in [-0.3, -0.25) is 19.3 Å². The molecule has 1 aromatic carbocycles. The fraction of sp³-hybridized carbons (Fsp3) is 0.357. The third-order valence-corrected chi connectivity index (χ3v) is 3.60. The maximum absolute atomic E-state index is 12.3. The van der Waals surface area contributed by atoms with E-state index in [2.05, 4.69) is 0 Å². The first-order valence-electron chi connectivity index (χ1n) is 6.10. The number of carbonyl (C=O) groups excluding carboxylic acids is 2. The number of rotatable bonds is 3. The van der Waals surface area contributed by atoms with Gasteiger partial charge in [0.2, 0.25) is 5.91 Å². The number of carbonyl (C=O) groups is 3. The average Bonchev–Trinajstić information content (AvgIpc) is 2.37. The minimum absolute atomic E-state index is 0.137. The van der Waals surface area contributed by atoms with Gasteiger partial charge in [-0.05, 0) is 25.5 Å². The van der Waals surface area contributed by atoms with Gasteiger partial charge in [0.25, 0.3) is 5.91 Å². The van der Waals surface area contributed by atoms with Crippen LogP contribution in [0.15, 0.2) is 24.3 Å². The molecule has 1 aliphatic rings. The summed E-state index contributed by atoms with van der Waals surface area (Å²) in [5, 5.41) is 9.00. The third kappa shape index (κ3) is 2.23. The molecule has 1 heterocycles. The summed E-state index contributed by atoms with van der Waals surface area (Å²) in [5.74, 6) is -2.57. The maximum Gasteiger partial charge on any atom is 0.308 e. The number of hydrogen-bond donors (Lipinski definition) is 1. The zero-order chi connectivity index (χ0) is 14.2. The molecule has 0 saturated heterocycles. The Labute approximate surface area is 110 Å². The standard InChI is InChI=1S/C14H15NO4/c1-8(14(18)19)9(2)15-12(16)7-10-5-3-4-6-11(10)13(15)17/h3-6,8-9H,7H2,1-2H3,(H,18,19). The zero-order valence-electron chi connectivity index (χ0n) is 10.8. The summed E-state index contributed by atoms with van der Waals surface area (Å²) in [5.41, 5.74) is 1.18. The number of benzene rings is 1. The SMILES string of the molecule is CC(C(=O)O)C(C)N1C(=O)Cc2ccccc2C1=O. The van der Waals surface area contributed by atoms with Gasteiger partial charge >= 0.3 is 5.97 Å². The Morgan fingerprint density at radius 1 is 1.26 bits per heavy atom. The lowest BCUT2D eigenvalue weighted by molar-refractivity contribution is -0.144. The predicted molar refractivity (Wildman–Crippen MR) is 67.6 cm³/mol. The van der Waals surface area contributed by atoms with Crippen molar-refractivity contribution in [1.29, 1.82) is 0 Å². The number of imide groups is 1. The third-order valence-electron chi connectivity index (χ3n) is 3.60. The molecule has 5 nitrogen and oxygen atoms in total. The van der Waals surface area contributed by atoms with Crippen molar-refractivity contribution in [3.05, 3.63) is 35.4 Å². The molecule has 2 unspecified atom stereocenters. The summed E-state index contributed by atoms with van der Waals surface area (Å²) in [6.45, 7) is 3.08. The number of hydrogen-bond acceptors (Lipinski definition) is 3. The summed E-state index contributed by atoms with van der Waals surface area (Å²) in [4.78, 5) is 36.4. The average molecular weight is 261 g/mol. The van der Waals surface area contributed by atoms with Gasteiger partial charge in [-0.15, -0.1) is 0 Å². The minimum atomic E-state index is -1.02. The van der Waals surface area contributed by atoms with E-state index in [-0.39, 0.29) is 12.3 Å². The Balaban J connectivity index is 2.36. The van der Waals surface area contributed by atoms with Crippen molar-refractivity contribution in [2.24, 2.45) is 5.92 Å². The van der Waals surface area contributed by atoms with E-state index in [0.29, 0.717) is 11.1 Å². The minimum Gasteiger partial charge on any atom is -0.481 e. The fourth-order valence-electron chi connectivity index (χ4n) is 2.22. The number of carboxylic acids is 1. The molecule has 0 saturated carbocycles. The molecule has 5 heteroatoms. The maximum atomic E-state index is 12.3. The molecule has 2 amide bonds.